The van der Waals surface area contributed by atoms with Crippen LogP contribution in [0.1, 0.15) is 42.1 Å². The number of hydrogen-bond donors (Lipinski definition) is 1. The van der Waals surface area contributed by atoms with Crippen molar-refractivity contribution in [3.63, 3.8) is 0 Å². The fraction of sp³-hybridized carbons (Fsp3) is 0.316. The summed E-state index contributed by atoms with van der Waals surface area (Å²) in [4.78, 5) is 12.4. The van der Waals surface area contributed by atoms with E-state index in [1.807, 2.05) is 24.3 Å². The number of rotatable bonds is 7. The Morgan fingerprint density at radius 3 is 2.71 bits per heavy atom. The van der Waals surface area contributed by atoms with Crippen molar-refractivity contribution in [2.75, 3.05) is 5.32 Å². The molecule has 3 aromatic rings. The van der Waals surface area contributed by atoms with E-state index in [1.54, 1.807) is 17.1 Å². The number of alkyl halides is 2. The first-order valence-electron chi connectivity index (χ1n) is 8.90. The third kappa shape index (κ3) is 4.46. The molecule has 1 saturated carbocycles. The Morgan fingerprint density at radius 1 is 1.29 bits per heavy atom. The molecule has 146 valence electrons. The first kappa shape index (κ1) is 18.8. The Bertz CT molecular complexity index is 979. The van der Waals surface area contributed by atoms with E-state index in [1.165, 1.54) is 10.7 Å². The maximum absolute atomic E-state index is 12.9. The van der Waals surface area contributed by atoms with Gasteiger partial charge in [-0.25, -0.2) is 8.78 Å². The van der Waals surface area contributed by atoms with Crippen molar-refractivity contribution in [1.29, 1.82) is 0 Å². The Kier molecular flexibility index (Phi) is 5.25. The van der Waals surface area contributed by atoms with Crippen LogP contribution in [0.15, 0.2) is 47.2 Å². The van der Waals surface area contributed by atoms with E-state index in [2.05, 4.69) is 31.4 Å². The quantitative estimate of drug-likeness (QED) is 0.583. The van der Waals surface area contributed by atoms with E-state index in [0.717, 1.165) is 22.9 Å². The number of anilines is 1. The average Bonchev–Trinajstić information content (AvgIpc) is 3.27. The standard InChI is InChI=1S/C19H18BrF2N5O/c20-14-5-1-12(2-6-14)9-26-10-15(8-23-26)24-18(28)11-27-17(13-3-4-13)7-16(25-27)19(21)22/h1-2,5-8,10,13,19H,3-4,9,11H2,(H,24,28). The summed E-state index contributed by atoms with van der Waals surface area (Å²) in [6, 6.07) is 9.29. The molecule has 0 aliphatic heterocycles. The van der Waals surface area contributed by atoms with E-state index in [-0.39, 0.29) is 24.1 Å². The second-order valence-electron chi connectivity index (χ2n) is 6.83. The van der Waals surface area contributed by atoms with E-state index >= 15 is 0 Å². The predicted octanol–water partition coefficient (Wildman–Crippen LogP) is 4.34. The molecule has 1 aliphatic carbocycles. The Morgan fingerprint density at radius 2 is 2.04 bits per heavy atom. The third-order valence-electron chi connectivity index (χ3n) is 4.52. The van der Waals surface area contributed by atoms with E-state index in [4.69, 9.17) is 0 Å². The molecule has 6 nitrogen and oxygen atoms in total. The van der Waals surface area contributed by atoms with Crippen LogP contribution in [0.4, 0.5) is 14.5 Å². The van der Waals surface area contributed by atoms with Crippen LogP contribution in [0.25, 0.3) is 0 Å². The fourth-order valence-corrected chi connectivity index (χ4v) is 3.29. The smallest absolute Gasteiger partial charge is 0.282 e. The van der Waals surface area contributed by atoms with Crippen molar-refractivity contribution >= 4 is 27.5 Å². The molecule has 1 N–H and O–H groups in total. The van der Waals surface area contributed by atoms with Gasteiger partial charge in [0.05, 0.1) is 18.4 Å². The van der Waals surface area contributed by atoms with Crippen LogP contribution in [0.5, 0.6) is 0 Å². The molecular formula is C19H18BrF2N5O. The third-order valence-corrected chi connectivity index (χ3v) is 5.05. The number of amides is 1. The summed E-state index contributed by atoms with van der Waals surface area (Å²) in [6.07, 6.45) is 2.54. The maximum atomic E-state index is 12.9. The highest BCUT2D eigenvalue weighted by Gasteiger charge is 2.30. The number of nitrogens with one attached hydrogen (secondary N) is 1. The molecule has 2 aromatic heterocycles. The molecule has 1 fully saturated rings. The van der Waals surface area contributed by atoms with Crippen molar-refractivity contribution in [1.82, 2.24) is 19.6 Å². The number of aromatic nitrogens is 4. The van der Waals surface area contributed by atoms with Gasteiger partial charge in [0.25, 0.3) is 6.43 Å². The zero-order chi connectivity index (χ0) is 19.7. The highest BCUT2D eigenvalue weighted by Crippen LogP contribution is 2.41. The van der Waals surface area contributed by atoms with Gasteiger partial charge >= 0.3 is 0 Å². The Hall–Kier alpha value is -2.55. The molecule has 2 heterocycles. The van der Waals surface area contributed by atoms with Crippen molar-refractivity contribution < 1.29 is 13.6 Å². The molecule has 0 unspecified atom stereocenters. The highest BCUT2D eigenvalue weighted by atomic mass is 79.9. The molecule has 28 heavy (non-hydrogen) atoms. The lowest BCUT2D eigenvalue weighted by molar-refractivity contribution is -0.117. The molecule has 0 saturated heterocycles. The molecule has 1 aromatic carbocycles. The lowest BCUT2D eigenvalue weighted by atomic mass is 10.2. The van der Waals surface area contributed by atoms with Gasteiger partial charge in [0.15, 0.2) is 0 Å². The van der Waals surface area contributed by atoms with Crippen molar-refractivity contribution in [2.45, 2.75) is 38.3 Å². The zero-order valence-corrected chi connectivity index (χ0v) is 16.4. The average molecular weight is 450 g/mol. The second-order valence-corrected chi connectivity index (χ2v) is 7.74. The van der Waals surface area contributed by atoms with Crippen LogP contribution in [0, 0.1) is 0 Å². The normalized spacial score (nSPS) is 13.9. The van der Waals surface area contributed by atoms with Gasteiger partial charge in [-0.1, -0.05) is 28.1 Å². The SMILES string of the molecule is O=C(Cn1nc(C(F)F)cc1C1CC1)Nc1cnn(Cc2ccc(Br)cc2)c1. The number of nitrogens with zero attached hydrogens (tertiary/aromatic N) is 4. The number of benzene rings is 1. The highest BCUT2D eigenvalue weighted by molar-refractivity contribution is 9.10. The minimum atomic E-state index is -2.64. The van der Waals surface area contributed by atoms with Crippen LogP contribution in [-0.4, -0.2) is 25.5 Å². The van der Waals surface area contributed by atoms with Crippen molar-refractivity contribution in [3.8, 4) is 0 Å². The lowest BCUT2D eigenvalue weighted by Gasteiger charge is -2.06. The molecule has 1 amide bonds. The molecule has 1 aliphatic rings. The first-order valence-corrected chi connectivity index (χ1v) is 9.70. The summed E-state index contributed by atoms with van der Waals surface area (Å²) in [5.41, 5.74) is 2.05. The van der Waals surface area contributed by atoms with E-state index < -0.39 is 6.43 Å². The van der Waals surface area contributed by atoms with Crippen LogP contribution in [0.3, 0.4) is 0 Å². The zero-order valence-electron chi connectivity index (χ0n) is 14.9. The lowest BCUT2D eigenvalue weighted by Crippen LogP contribution is -2.20. The van der Waals surface area contributed by atoms with Gasteiger partial charge in [0, 0.05) is 22.3 Å². The molecule has 0 bridgehead atoms. The van der Waals surface area contributed by atoms with Gasteiger partial charge in [0.2, 0.25) is 5.91 Å². The number of carbonyl (C=O) groups is 1. The molecular weight excluding hydrogens is 432 g/mol. The summed E-state index contributed by atoms with van der Waals surface area (Å²) >= 11 is 3.40. The summed E-state index contributed by atoms with van der Waals surface area (Å²) < 4.78 is 30.0. The minimum Gasteiger partial charge on any atom is -0.322 e. The fourth-order valence-electron chi connectivity index (χ4n) is 3.02. The predicted molar refractivity (Wildman–Crippen MR) is 103 cm³/mol. The van der Waals surface area contributed by atoms with Crippen LogP contribution < -0.4 is 5.32 Å². The summed E-state index contributed by atoms with van der Waals surface area (Å²) in [6.45, 7) is 0.475. The van der Waals surface area contributed by atoms with Gasteiger partial charge < -0.3 is 5.32 Å². The van der Waals surface area contributed by atoms with Crippen LogP contribution in [0.2, 0.25) is 0 Å². The topological polar surface area (TPSA) is 64.7 Å². The molecule has 4 rings (SSSR count). The number of hydrogen-bond acceptors (Lipinski definition) is 3. The largest absolute Gasteiger partial charge is 0.322 e. The first-order chi connectivity index (χ1) is 13.5. The van der Waals surface area contributed by atoms with Gasteiger partial charge in [-0.05, 0) is 36.6 Å². The van der Waals surface area contributed by atoms with Gasteiger partial charge in [-0.15, -0.1) is 0 Å². The minimum absolute atomic E-state index is 0.101. The molecule has 0 atom stereocenters. The van der Waals surface area contributed by atoms with Crippen LogP contribution in [-0.2, 0) is 17.9 Å². The van der Waals surface area contributed by atoms with Crippen LogP contribution >= 0.6 is 15.9 Å². The summed E-state index contributed by atoms with van der Waals surface area (Å²) in [5, 5.41) is 10.9. The van der Waals surface area contributed by atoms with Gasteiger partial charge in [0.1, 0.15) is 12.2 Å². The monoisotopic (exact) mass is 449 g/mol. The van der Waals surface area contributed by atoms with Gasteiger partial charge in [-0.2, -0.15) is 10.2 Å². The molecule has 0 radical (unpaired) electrons. The van der Waals surface area contributed by atoms with E-state index in [9.17, 15) is 13.6 Å². The Labute approximate surface area is 168 Å². The number of carbonyl (C=O) groups excluding carboxylic acids is 1. The van der Waals surface area contributed by atoms with Crippen molar-refractivity contribution in [2.24, 2.45) is 0 Å². The summed E-state index contributed by atoms with van der Waals surface area (Å²) in [7, 11) is 0. The Balaban J connectivity index is 1.39. The molecule has 9 heteroatoms. The number of halogens is 3. The molecule has 0 spiro atoms. The maximum Gasteiger partial charge on any atom is 0.282 e. The summed E-state index contributed by atoms with van der Waals surface area (Å²) in [5.74, 6) is -0.101. The van der Waals surface area contributed by atoms with Gasteiger partial charge in [-0.3, -0.25) is 14.2 Å². The van der Waals surface area contributed by atoms with Crippen molar-refractivity contribution in [3.05, 3.63) is 64.1 Å². The second kappa shape index (κ2) is 7.83. The van der Waals surface area contributed by atoms with E-state index in [0.29, 0.717) is 17.9 Å².